The first-order valence-electron chi connectivity index (χ1n) is 6.53. The number of rotatable bonds is 6. The molecule has 0 aliphatic heterocycles. The zero-order valence-corrected chi connectivity index (χ0v) is 13.3. The molecule has 2 aromatic carbocycles. The number of para-hydroxylation sites is 1. The summed E-state index contributed by atoms with van der Waals surface area (Å²) in [6, 6.07) is 11.0. The molecule has 0 saturated carbocycles. The Morgan fingerprint density at radius 1 is 0.955 bits per heavy atom. The van der Waals surface area contributed by atoms with Crippen molar-refractivity contribution in [2.24, 2.45) is 5.10 Å². The van der Waals surface area contributed by atoms with Crippen molar-refractivity contribution >= 4 is 23.5 Å². The van der Waals surface area contributed by atoms with Crippen LogP contribution in [0.3, 0.4) is 0 Å². The van der Waals surface area contributed by atoms with E-state index in [0.717, 1.165) is 11.3 Å². The lowest BCUT2D eigenvalue weighted by molar-refractivity contribution is 0.324. The molecule has 2 rings (SSSR count). The zero-order chi connectivity index (χ0) is 15.9. The second-order valence-electron chi connectivity index (χ2n) is 4.27. The third-order valence-corrected chi connectivity index (χ3v) is 3.33. The smallest absolute Gasteiger partial charge is 0.203 e. The van der Waals surface area contributed by atoms with Crippen molar-refractivity contribution in [1.82, 2.24) is 0 Å². The molecular formula is C16H17ClN2O3. The summed E-state index contributed by atoms with van der Waals surface area (Å²) in [5.41, 5.74) is 4.36. The largest absolute Gasteiger partial charge is 0.493 e. The Labute approximate surface area is 134 Å². The molecule has 2 aromatic rings. The van der Waals surface area contributed by atoms with Crippen LogP contribution < -0.4 is 19.6 Å². The van der Waals surface area contributed by atoms with Gasteiger partial charge < -0.3 is 14.2 Å². The van der Waals surface area contributed by atoms with Gasteiger partial charge in [-0.05, 0) is 24.3 Å². The summed E-state index contributed by atoms with van der Waals surface area (Å²) >= 11 is 6.05. The first-order chi connectivity index (χ1) is 10.7. The fourth-order valence-electron chi connectivity index (χ4n) is 1.95. The van der Waals surface area contributed by atoms with Crippen molar-refractivity contribution < 1.29 is 14.2 Å². The van der Waals surface area contributed by atoms with Gasteiger partial charge in [-0.2, -0.15) is 5.10 Å². The number of benzene rings is 2. The van der Waals surface area contributed by atoms with Crippen molar-refractivity contribution in [2.75, 3.05) is 26.8 Å². The van der Waals surface area contributed by atoms with Crippen LogP contribution in [0.1, 0.15) is 5.56 Å². The Balaban J connectivity index is 2.26. The van der Waals surface area contributed by atoms with Gasteiger partial charge in [-0.3, -0.25) is 5.43 Å². The fourth-order valence-corrected chi connectivity index (χ4v) is 2.13. The molecule has 1 N–H and O–H groups in total. The maximum Gasteiger partial charge on any atom is 0.203 e. The number of hydrazone groups is 1. The molecule has 0 fully saturated rings. The van der Waals surface area contributed by atoms with Gasteiger partial charge in [0, 0.05) is 5.56 Å². The third kappa shape index (κ3) is 3.43. The second kappa shape index (κ2) is 7.56. The molecule has 0 unspecified atom stereocenters. The maximum atomic E-state index is 6.05. The highest BCUT2D eigenvalue weighted by atomic mass is 35.5. The number of ether oxygens (including phenoxy) is 3. The van der Waals surface area contributed by atoms with Crippen LogP contribution in [0, 0.1) is 0 Å². The van der Waals surface area contributed by atoms with Crippen molar-refractivity contribution in [3.05, 3.63) is 47.0 Å². The number of nitrogens with one attached hydrogen (secondary N) is 1. The highest BCUT2D eigenvalue weighted by Gasteiger charge is 2.14. The highest BCUT2D eigenvalue weighted by Crippen LogP contribution is 2.39. The van der Waals surface area contributed by atoms with Gasteiger partial charge in [-0.25, -0.2) is 0 Å². The number of anilines is 1. The normalized spacial score (nSPS) is 10.5. The van der Waals surface area contributed by atoms with Crippen LogP contribution >= 0.6 is 11.6 Å². The number of nitrogens with zero attached hydrogens (tertiary/aromatic N) is 1. The van der Waals surface area contributed by atoms with Gasteiger partial charge in [-0.1, -0.05) is 23.7 Å². The molecule has 116 valence electrons. The van der Waals surface area contributed by atoms with E-state index in [1.165, 1.54) is 0 Å². The Morgan fingerprint density at radius 3 is 2.32 bits per heavy atom. The molecule has 5 nitrogen and oxygen atoms in total. The summed E-state index contributed by atoms with van der Waals surface area (Å²) < 4.78 is 16.0. The van der Waals surface area contributed by atoms with Gasteiger partial charge >= 0.3 is 0 Å². The molecule has 0 aromatic heterocycles. The predicted molar refractivity (Wildman–Crippen MR) is 88.8 cm³/mol. The molecule has 0 spiro atoms. The topological polar surface area (TPSA) is 52.1 Å². The average molecular weight is 321 g/mol. The van der Waals surface area contributed by atoms with Crippen LogP contribution in [0.25, 0.3) is 0 Å². The number of hydrogen-bond acceptors (Lipinski definition) is 5. The van der Waals surface area contributed by atoms with E-state index in [4.69, 9.17) is 25.8 Å². The standard InChI is InChI=1S/C16H17ClN2O3/c1-20-14-9-8-11(15(21-2)16(14)22-3)10-18-19-13-7-5-4-6-12(13)17/h4-10,19H,1-3H3/b18-10-. The molecule has 0 atom stereocenters. The van der Waals surface area contributed by atoms with Crippen LogP contribution in [-0.4, -0.2) is 27.5 Å². The summed E-state index contributed by atoms with van der Waals surface area (Å²) in [5.74, 6) is 1.66. The fraction of sp³-hybridized carbons (Fsp3) is 0.188. The lowest BCUT2D eigenvalue weighted by Gasteiger charge is -2.13. The summed E-state index contributed by atoms with van der Waals surface area (Å²) in [7, 11) is 4.70. The lowest BCUT2D eigenvalue weighted by Crippen LogP contribution is -1.99. The Kier molecular flexibility index (Phi) is 5.49. The van der Waals surface area contributed by atoms with E-state index in [9.17, 15) is 0 Å². The molecule has 0 amide bonds. The summed E-state index contributed by atoms with van der Waals surface area (Å²) in [5, 5.41) is 4.77. The van der Waals surface area contributed by atoms with Gasteiger partial charge in [0.15, 0.2) is 11.5 Å². The molecule has 0 bridgehead atoms. The molecule has 6 heteroatoms. The van der Waals surface area contributed by atoms with Crippen LogP contribution in [-0.2, 0) is 0 Å². The number of methoxy groups -OCH3 is 3. The minimum atomic E-state index is 0.520. The van der Waals surface area contributed by atoms with E-state index in [2.05, 4.69) is 10.5 Å². The first-order valence-corrected chi connectivity index (χ1v) is 6.91. The second-order valence-corrected chi connectivity index (χ2v) is 4.68. The predicted octanol–water partition coefficient (Wildman–Crippen LogP) is 3.81. The number of halogens is 1. The van der Waals surface area contributed by atoms with Crippen molar-refractivity contribution in [3.63, 3.8) is 0 Å². The Morgan fingerprint density at radius 2 is 1.68 bits per heavy atom. The molecule has 0 aliphatic rings. The molecule has 0 heterocycles. The van der Waals surface area contributed by atoms with Crippen LogP contribution in [0.2, 0.25) is 5.02 Å². The van der Waals surface area contributed by atoms with Gasteiger partial charge in [0.05, 0.1) is 38.3 Å². The Bertz CT molecular complexity index is 674. The summed E-state index contributed by atoms with van der Waals surface area (Å²) in [4.78, 5) is 0. The quantitative estimate of drug-likeness (QED) is 0.649. The van der Waals surface area contributed by atoms with E-state index in [1.807, 2.05) is 24.3 Å². The molecule has 0 radical (unpaired) electrons. The SMILES string of the molecule is COc1ccc(/C=N\Nc2ccccc2Cl)c(OC)c1OC. The van der Waals surface area contributed by atoms with Gasteiger partial charge in [0.25, 0.3) is 0 Å². The number of hydrogen-bond donors (Lipinski definition) is 1. The first kappa shape index (κ1) is 16.0. The Hall–Kier alpha value is -2.40. The highest BCUT2D eigenvalue weighted by molar-refractivity contribution is 6.33. The molecule has 0 aliphatic carbocycles. The van der Waals surface area contributed by atoms with E-state index >= 15 is 0 Å². The van der Waals surface area contributed by atoms with Crippen molar-refractivity contribution in [1.29, 1.82) is 0 Å². The van der Waals surface area contributed by atoms with E-state index in [-0.39, 0.29) is 0 Å². The minimum Gasteiger partial charge on any atom is -0.493 e. The summed E-state index contributed by atoms with van der Waals surface area (Å²) in [6.07, 6.45) is 1.63. The zero-order valence-electron chi connectivity index (χ0n) is 12.6. The molecule has 22 heavy (non-hydrogen) atoms. The van der Waals surface area contributed by atoms with E-state index in [1.54, 1.807) is 39.7 Å². The average Bonchev–Trinajstić information content (AvgIpc) is 2.55. The van der Waals surface area contributed by atoms with Crippen molar-refractivity contribution in [2.45, 2.75) is 0 Å². The minimum absolute atomic E-state index is 0.520. The van der Waals surface area contributed by atoms with E-state index < -0.39 is 0 Å². The van der Waals surface area contributed by atoms with Crippen LogP contribution in [0.4, 0.5) is 5.69 Å². The molecular weight excluding hydrogens is 304 g/mol. The maximum absolute atomic E-state index is 6.05. The van der Waals surface area contributed by atoms with Crippen molar-refractivity contribution in [3.8, 4) is 17.2 Å². The molecule has 0 saturated heterocycles. The van der Waals surface area contributed by atoms with Gasteiger partial charge in [0.1, 0.15) is 0 Å². The van der Waals surface area contributed by atoms with Gasteiger partial charge in [-0.15, -0.1) is 0 Å². The van der Waals surface area contributed by atoms with E-state index in [0.29, 0.717) is 22.3 Å². The summed E-state index contributed by atoms with van der Waals surface area (Å²) in [6.45, 7) is 0. The monoisotopic (exact) mass is 320 g/mol. The van der Waals surface area contributed by atoms with Gasteiger partial charge in [0.2, 0.25) is 5.75 Å². The van der Waals surface area contributed by atoms with Crippen LogP contribution in [0.5, 0.6) is 17.2 Å². The lowest BCUT2D eigenvalue weighted by atomic mass is 10.2. The third-order valence-electron chi connectivity index (χ3n) is 3.00. The van der Waals surface area contributed by atoms with Crippen LogP contribution in [0.15, 0.2) is 41.5 Å².